The molecule has 1 aromatic rings. The molecule has 0 aliphatic carbocycles. The summed E-state index contributed by atoms with van der Waals surface area (Å²) in [7, 11) is 0. The Morgan fingerprint density at radius 3 is 2.43 bits per heavy atom. The highest BCUT2D eigenvalue weighted by molar-refractivity contribution is 6.47. The Kier molecular flexibility index (Phi) is 1.81. The maximum atomic E-state index is 11.3. The third-order valence-electron chi connectivity index (χ3n) is 1.86. The van der Waals surface area contributed by atoms with Gasteiger partial charge in [-0.3, -0.25) is 4.79 Å². The minimum absolute atomic E-state index is 0.159. The molecule has 0 spiro atoms. The van der Waals surface area contributed by atoms with Gasteiger partial charge in [-0.25, -0.2) is 4.99 Å². The average Bonchev–Trinajstić information content (AvgIpc) is 2.47. The summed E-state index contributed by atoms with van der Waals surface area (Å²) in [5.74, 6) is 0.241. The fourth-order valence-electron chi connectivity index (χ4n) is 1.22. The van der Waals surface area contributed by atoms with Crippen LogP contribution in [-0.4, -0.2) is 16.7 Å². The number of rotatable bonds is 1. The Hall–Kier alpha value is -2.10. The number of nitrogens with zero attached hydrogens (tertiary/aromatic N) is 1. The minimum atomic E-state index is -0.263. The number of hydrogen-bond donors (Lipinski definition) is 2. The second-order valence-corrected chi connectivity index (χ2v) is 2.91. The molecule has 1 amide bonds. The molecule has 0 aromatic heterocycles. The van der Waals surface area contributed by atoms with Crippen LogP contribution in [0.5, 0.6) is 5.75 Å². The van der Waals surface area contributed by atoms with Crippen LogP contribution < -0.4 is 5.32 Å². The smallest absolute Gasteiger partial charge is 0.276 e. The summed E-state index contributed by atoms with van der Waals surface area (Å²) < 4.78 is 0. The van der Waals surface area contributed by atoms with Gasteiger partial charge in [-0.1, -0.05) is 6.58 Å². The van der Waals surface area contributed by atoms with E-state index in [2.05, 4.69) is 16.9 Å². The fraction of sp³-hybridized carbons (Fsp3) is 0. The Balaban J connectivity index is 2.41. The molecule has 0 atom stereocenters. The molecular weight excluding hydrogens is 180 g/mol. The molecule has 0 radical (unpaired) electrons. The number of carbonyl (C=O) groups is 1. The van der Waals surface area contributed by atoms with Gasteiger partial charge in [-0.15, -0.1) is 0 Å². The van der Waals surface area contributed by atoms with Crippen LogP contribution in [0.1, 0.15) is 5.56 Å². The van der Waals surface area contributed by atoms with E-state index in [4.69, 9.17) is 5.11 Å². The Morgan fingerprint density at radius 1 is 1.29 bits per heavy atom. The van der Waals surface area contributed by atoms with Crippen molar-refractivity contribution in [2.45, 2.75) is 0 Å². The van der Waals surface area contributed by atoms with E-state index in [0.717, 1.165) is 0 Å². The Morgan fingerprint density at radius 2 is 1.93 bits per heavy atom. The van der Waals surface area contributed by atoms with Gasteiger partial charge in [0, 0.05) is 5.56 Å². The number of nitrogens with one attached hydrogen (secondary N) is 1. The first-order chi connectivity index (χ1) is 6.66. The summed E-state index contributed by atoms with van der Waals surface area (Å²) in [6.07, 6.45) is 0. The lowest BCUT2D eigenvalue weighted by molar-refractivity contribution is -0.113. The number of aliphatic imine (C=N–C) groups is 1. The van der Waals surface area contributed by atoms with Crippen LogP contribution in [0.15, 0.2) is 41.7 Å². The first-order valence-corrected chi connectivity index (χ1v) is 4.05. The molecule has 70 valence electrons. The molecule has 0 fully saturated rings. The highest BCUT2D eigenvalue weighted by Crippen LogP contribution is 2.13. The van der Waals surface area contributed by atoms with Gasteiger partial charge < -0.3 is 10.4 Å². The van der Waals surface area contributed by atoms with Crippen molar-refractivity contribution in [1.82, 2.24) is 5.32 Å². The maximum Gasteiger partial charge on any atom is 0.276 e. The average molecular weight is 188 g/mol. The van der Waals surface area contributed by atoms with E-state index in [0.29, 0.717) is 17.1 Å². The van der Waals surface area contributed by atoms with Crippen molar-refractivity contribution in [2.75, 3.05) is 0 Å². The second kappa shape index (κ2) is 2.99. The zero-order chi connectivity index (χ0) is 10.1. The van der Waals surface area contributed by atoms with Crippen molar-refractivity contribution in [2.24, 2.45) is 4.99 Å². The molecule has 0 saturated carbocycles. The Bertz CT molecular complexity index is 432. The molecular formula is C10H8N2O2. The summed E-state index contributed by atoms with van der Waals surface area (Å²) >= 11 is 0. The van der Waals surface area contributed by atoms with Crippen molar-refractivity contribution in [1.29, 1.82) is 0 Å². The van der Waals surface area contributed by atoms with Crippen LogP contribution in [0.4, 0.5) is 0 Å². The number of phenolic OH excluding ortho intramolecular Hbond substituents is 1. The lowest BCUT2D eigenvalue weighted by Crippen LogP contribution is -2.22. The number of aromatic hydroxyl groups is 1. The number of hydrogen-bond acceptors (Lipinski definition) is 3. The minimum Gasteiger partial charge on any atom is -0.508 e. The van der Waals surface area contributed by atoms with Crippen LogP contribution in [0.2, 0.25) is 0 Å². The van der Waals surface area contributed by atoms with Crippen LogP contribution in [0, 0.1) is 0 Å². The zero-order valence-corrected chi connectivity index (χ0v) is 7.32. The van der Waals surface area contributed by atoms with Crippen molar-refractivity contribution in [3.63, 3.8) is 0 Å². The van der Waals surface area contributed by atoms with Gasteiger partial charge >= 0.3 is 0 Å². The van der Waals surface area contributed by atoms with E-state index in [1.54, 1.807) is 12.1 Å². The van der Waals surface area contributed by atoms with Gasteiger partial charge in [-0.2, -0.15) is 0 Å². The lowest BCUT2D eigenvalue weighted by Gasteiger charge is -1.97. The summed E-state index contributed by atoms with van der Waals surface area (Å²) in [5, 5.41) is 11.5. The summed E-state index contributed by atoms with van der Waals surface area (Å²) in [6.45, 7) is 3.53. The molecule has 4 nitrogen and oxygen atoms in total. The van der Waals surface area contributed by atoms with Crippen molar-refractivity contribution in [3.8, 4) is 5.75 Å². The van der Waals surface area contributed by atoms with Crippen LogP contribution in [0.3, 0.4) is 0 Å². The first kappa shape index (κ1) is 8.50. The number of phenols is 1. The molecule has 0 saturated heterocycles. The van der Waals surface area contributed by atoms with E-state index in [1.807, 2.05) is 0 Å². The number of carbonyl (C=O) groups excluding carboxylic acids is 1. The third-order valence-corrected chi connectivity index (χ3v) is 1.86. The van der Waals surface area contributed by atoms with Gasteiger partial charge in [0.05, 0.1) is 0 Å². The van der Waals surface area contributed by atoms with Gasteiger partial charge in [-0.05, 0) is 24.3 Å². The number of benzene rings is 1. The highest BCUT2D eigenvalue weighted by atomic mass is 16.3. The zero-order valence-electron chi connectivity index (χ0n) is 7.32. The fourth-order valence-corrected chi connectivity index (χ4v) is 1.22. The van der Waals surface area contributed by atoms with Gasteiger partial charge in [0.1, 0.15) is 17.3 Å². The molecule has 1 aliphatic rings. The molecule has 0 bridgehead atoms. The van der Waals surface area contributed by atoms with E-state index in [9.17, 15) is 4.79 Å². The quantitative estimate of drug-likeness (QED) is 0.684. The predicted octanol–water partition coefficient (Wildman–Crippen LogP) is 0.782. The second-order valence-electron chi connectivity index (χ2n) is 2.91. The third kappa shape index (κ3) is 1.37. The topological polar surface area (TPSA) is 61.7 Å². The lowest BCUT2D eigenvalue weighted by atomic mass is 10.1. The Labute approximate surface area is 80.6 Å². The van der Waals surface area contributed by atoms with Crippen LogP contribution in [0.25, 0.3) is 0 Å². The van der Waals surface area contributed by atoms with E-state index in [-0.39, 0.29) is 11.7 Å². The van der Waals surface area contributed by atoms with Gasteiger partial charge in [0.25, 0.3) is 5.91 Å². The SMILES string of the molecule is C=C1N=C(c2ccc(O)cc2)C(=O)N1. The van der Waals surface area contributed by atoms with E-state index in [1.165, 1.54) is 12.1 Å². The molecule has 2 rings (SSSR count). The summed E-state index contributed by atoms with van der Waals surface area (Å²) in [4.78, 5) is 15.3. The monoisotopic (exact) mass is 188 g/mol. The van der Waals surface area contributed by atoms with Crippen molar-refractivity contribution >= 4 is 11.6 Å². The molecule has 2 N–H and O–H groups in total. The van der Waals surface area contributed by atoms with Crippen molar-refractivity contribution in [3.05, 3.63) is 42.2 Å². The standard InChI is InChI=1S/C10H8N2O2/c1-6-11-9(10(14)12-6)7-2-4-8(13)5-3-7/h2-5,13H,1H2,(H,12,14). The normalized spacial score (nSPS) is 15.3. The highest BCUT2D eigenvalue weighted by Gasteiger charge is 2.20. The van der Waals surface area contributed by atoms with Crippen LogP contribution >= 0.6 is 0 Å². The molecule has 1 aromatic carbocycles. The maximum absolute atomic E-state index is 11.3. The first-order valence-electron chi connectivity index (χ1n) is 4.05. The van der Waals surface area contributed by atoms with Gasteiger partial charge in [0.2, 0.25) is 0 Å². The molecule has 1 aliphatic heterocycles. The van der Waals surface area contributed by atoms with Gasteiger partial charge in [0.15, 0.2) is 0 Å². The van der Waals surface area contributed by atoms with Crippen molar-refractivity contribution < 1.29 is 9.90 Å². The van der Waals surface area contributed by atoms with E-state index >= 15 is 0 Å². The predicted molar refractivity (Wildman–Crippen MR) is 51.9 cm³/mol. The molecule has 0 unspecified atom stereocenters. The molecule has 14 heavy (non-hydrogen) atoms. The van der Waals surface area contributed by atoms with E-state index < -0.39 is 0 Å². The summed E-state index contributed by atoms with van der Waals surface area (Å²) in [6, 6.07) is 6.27. The number of amides is 1. The van der Waals surface area contributed by atoms with Crippen LogP contribution in [-0.2, 0) is 4.79 Å². The summed E-state index contributed by atoms with van der Waals surface area (Å²) in [5.41, 5.74) is 0.994. The largest absolute Gasteiger partial charge is 0.508 e. The molecule has 1 heterocycles. The molecule has 4 heteroatoms.